The van der Waals surface area contributed by atoms with Crippen molar-refractivity contribution in [3.63, 3.8) is 0 Å². The summed E-state index contributed by atoms with van der Waals surface area (Å²) in [5, 5.41) is 0.722. The van der Waals surface area contributed by atoms with Gasteiger partial charge in [-0.15, -0.1) is 0 Å². The molecule has 0 unspecified atom stereocenters. The van der Waals surface area contributed by atoms with Gasteiger partial charge in [-0.25, -0.2) is 4.90 Å². The van der Waals surface area contributed by atoms with Crippen molar-refractivity contribution in [1.29, 1.82) is 0 Å². The quantitative estimate of drug-likeness (QED) is 0.551. The monoisotopic (exact) mass is 459 g/mol. The molecule has 6 nitrogen and oxygen atoms in total. The molecule has 5 rings (SSSR count). The van der Waals surface area contributed by atoms with E-state index in [0.717, 1.165) is 35.1 Å². The Hall–Kier alpha value is -3.48. The SMILES string of the molecule is O=C(c1cccc(N2C(=O)c3ccccc3C2=O)c1)N1CCN(Cc2cccc(Cl)c2)CC1. The molecule has 0 radical (unpaired) electrons. The van der Waals surface area contributed by atoms with E-state index in [4.69, 9.17) is 11.6 Å². The molecule has 0 saturated carbocycles. The maximum Gasteiger partial charge on any atom is 0.266 e. The highest BCUT2D eigenvalue weighted by molar-refractivity contribution is 6.34. The summed E-state index contributed by atoms with van der Waals surface area (Å²) in [5.74, 6) is -0.833. The van der Waals surface area contributed by atoms with E-state index in [1.165, 1.54) is 0 Å². The van der Waals surface area contributed by atoms with Gasteiger partial charge in [0.15, 0.2) is 0 Å². The molecule has 0 atom stereocenters. The fraction of sp³-hybridized carbons (Fsp3) is 0.192. The Morgan fingerprint density at radius 3 is 2.12 bits per heavy atom. The number of fused-ring (bicyclic) bond motifs is 1. The largest absolute Gasteiger partial charge is 0.336 e. The number of nitrogens with zero attached hydrogens (tertiary/aromatic N) is 3. The molecular weight excluding hydrogens is 438 g/mol. The number of amides is 3. The number of hydrogen-bond acceptors (Lipinski definition) is 4. The topological polar surface area (TPSA) is 60.9 Å². The third-order valence-corrected chi connectivity index (χ3v) is 6.34. The van der Waals surface area contributed by atoms with E-state index in [2.05, 4.69) is 4.90 Å². The molecule has 2 aliphatic heterocycles. The maximum absolute atomic E-state index is 13.2. The van der Waals surface area contributed by atoms with Crippen molar-refractivity contribution in [2.24, 2.45) is 0 Å². The predicted molar refractivity (Wildman–Crippen MR) is 127 cm³/mol. The minimum absolute atomic E-state index is 0.101. The number of halogens is 1. The third-order valence-electron chi connectivity index (χ3n) is 6.10. The van der Waals surface area contributed by atoms with Crippen LogP contribution in [0, 0.1) is 0 Å². The number of carbonyl (C=O) groups is 3. The van der Waals surface area contributed by atoms with Crippen molar-refractivity contribution in [2.75, 3.05) is 31.1 Å². The van der Waals surface area contributed by atoms with Crippen LogP contribution in [0.15, 0.2) is 72.8 Å². The van der Waals surface area contributed by atoms with Crippen LogP contribution in [-0.4, -0.2) is 53.7 Å². The van der Waals surface area contributed by atoms with E-state index in [1.54, 1.807) is 48.5 Å². The molecular formula is C26H22ClN3O3. The minimum atomic E-state index is -0.366. The van der Waals surface area contributed by atoms with Gasteiger partial charge in [0.25, 0.3) is 17.7 Å². The number of carbonyl (C=O) groups excluding carboxylic acids is 3. The number of hydrogen-bond donors (Lipinski definition) is 0. The highest BCUT2D eigenvalue weighted by Gasteiger charge is 2.36. The summed E-state index contributed by atoms with van der Waals surface area (Å²) in [5.41, 5.74) is 2.79. The lowest BCUT2D eigenvalue weighted by molar-refractivity contribution is 0.0628. The molecule has 2 heterocycles. The summed E-state index contributed by atoms with van der Waals surface area (Å²) < 4.78 is 0. The van der Waals surface area contributed by atoms with Crippen LogP contribution < -0.4 is 4.90 Å². The first kappa shape index (κ1) is 21.4. The molecule has 3 amide bonds. The van der Waals surface area contributed by atoms with Gasteiger partial charge < -0.3 is 4.90 Å². The van der Waals surface area contributed by atoms with Crippen LogP contribution >= 0.6 is 11.6 Å². The minimum Gasteiger partial charge on any atom is -0.336 e. The first-order valence-corrected chi connectivity index (χ1v) is 11.2. The molecule has 166 valence electrons. The Bertz CT molecular complexity index is 1220. The van der Waals surface area contributed by atoms with Gasteiger partial charge in [-0.2, -0.15) is 0 Å². The van der Waals surface area contributed by atoms with Crippen LogP contribution in [0.4, 0.5) is 5.69 Å². The van der Waals surface area contributed by atoms with Crippen LogP contribution in [0.5, 0.6) is 0 Å². The van der Waals surface area contributed by atoms with Crippen molar-refractivity contribution >= 4 is 35.0 Å². The van der Waals surface area contributed by atoms with Crippen molar-refractivity contribution in [2.45, 2.75) is 6.54 Å². The summed E-state index contributed by atoms with van der Waals surface area (Å²) in [6.07, 6.45) is 0. The van der Waals surface area contributed by atoms with Crippen molar-refractivity contribution in [1.82, 2.24) is 9.80 Å². The molecule has 3 aromatic carbocycles. The van der Waals surface area contributed by atoms with Gasteiger partial charge in [-0.1, -0.05) is 41.9 Å². The van der Waals surface area contributed by atoms with Crippen LogP contribution in [0.1, 0.15) is 36.6 Å². The fourth-order valence-electron chi connectivity index (χ4n) is 4.39. The molecule has 1 saturated heterocycles. The number of piperazine rings is 1. The number of imide groups is 1. The van der Waals surface area contributed by atoms with E-state index in [1.807, 2.05) is 29.2 Å². The second-order valence-corrected chi connectivity index (χ2v) is 8.68. The Kier molecular flexibility index (Phi) is 5.70. The molecule has 0 N–H and O–H groups in total. The van der Waals surface area contributed by atoms with E-state index in [9.17, 15) is 14.4 Å². The lowest BCUT2D eigenvalue weighted by Crippen LogP contribution is -2.48. The smallest absolute Gasteiger partial charge is 0.266 e. The first-order valence-electron chi connectivity index (χ1n) is 10.9. The van der Waals surface area contributed by atoms with Crippen LogP contribution in [0.25, 0.3) is 0 Å². The van der Waals surface area contributed by atoms with E-state index in [-0.39, 0.29) is 17.7 Å². The summed E-state index contributed by atoms with van der Waals surface area (Å²) >= 11 is 6.08. The van der Waals surface area contributed by atoms with E-state index in [0.29, 0.717) is 35.5 Å². The van der Waals surface area contributed by atoms with Crippen LogP contribution in [0.3, 0.4) is 0 Å². The Morgan fingerprint density at radius 1 is 0.788 bits per heavy atom. The van der Waals surface area contributed by atoms with Crippen LogP contribution in [0.2, 0.25) is 5.02 Å². The molecule has 0 aliphatic carbocycles. The van der Waals surface area contributed by atoms with Crippen LogP contribution in [-0.2, 0) is 6.54 Å². The van der Waals surface area contributed by atoms with E-state index >= 15 is 0 Å². The molecule has 2 aliphatic rings. The summed E-state index contributed by atoms with van der Waals surface area (Å²) in [6.45, 7) is 3.53. The van der Waals surface area contributed by atoms with Gasteiger partial charge in [0.1, 0.15) is 0 Å². The normalized spacial score (nSPS) is 16.3. The van der Waals surface area contributed by atoms with Gasteiger partial charge in [0.05, 0.1) is 16.8 Å². The fourth-order valence-corrected chi connectivity index (χ4v) is 4.60. The summed E-state index contributed by atoms with van der Waals surface area (Å²) in [6, 6.07) is 21.3. The average molecular weight is 460 g/mol. The summed E-state index contributed by atoms with van der Waals surface area (Å²) in [7, 11) is 0. The summed E-state index contributed by atoms with van der Waals surface area (Å²) in [4.78, 5) is 44.0. The zero-order valence-electron chi connectivity index (χ0n) is 17.9. The Labute approximate surface area is 197 Å². The molecule has 7 heteroatoms. The lowest BCUT2D eigenvalue weighted by Gasteiger charge is -2.35. The Balaban J connectivity index is 1.27. The average Bonchev–Trinajstić information content (AvgIpc) is 3.09. The second kappa shape index (κ2) is 8.81. The van der Waals surface area contributed by atoms with Crippen molar-refractivity contribution < 1.29 is 14.4 Å². The van der Waals surface area contributed by atoms with Gasteiger partial charge in [0.2, 0.25) is 0 Å². The van der Waals surface area contributed by atoms with Gasteiger partial charge in [-0.05, 0) is 48.0 Å². The highest BCUT2D eigenvalue weighted by atomic mass is 35.5. The standard InChI is InChI=1S/C26H22ClN3O3/c27-20-7-3-5-18(15-20)17-28-11-13-29(14-12-28)24(31)19-6-4-8-21(16-19)30-25(32)22-9-1-2-10-23(22)26(30)33/h1-10,15-16H,11-14,17H2. The van der Waals surface area contributed by atoms with Crippen molar-refractivity contribution in [3.8, 4) is 0 Å². The molecule has 0 spiro atoms. The zero-order chi connectivity index (χ0) is 22.9. The van der Waals surface area contributed by atoms with Gasteiger partial charge >= 0.3 is 0 Å². The van der Waals surface area contributed by atoms with Crippen molar-refractivity contribution in [3.05, 3.63) is 100 Å². The number of rotatable bonds is 4. The Morgan fingerprint density at radius 2 is 1.45 bits per heavy atom. The van der Waals surface area contributed by atoms with Gasteiger partial charge in [0, 0.05) is 43.3 Å². The molecule has 1 fully saturated rings. The van der Waals surface area contributed by atoms with E-state index < -0.39 is 0 Å². The number of anilines is 1. The second-order valence-electron chi connectivity index (χ2n) is 8.24. The predicted octanol–water partition coefficient (Wildman–Crippen LogP) is 4.10. The maximum atomic E-state index is 13.2. The lowest BCUT2D eigenvalue weighted by atomic mass is 10.1. The van der Waals surface area contributed by atoms with Gasteiger partial charge in [-0.3, -0.25) is 19.3 Å². The first-order chi connectivity index (χ1) is 16.0. The third kappa shape index (κ3) is 4.15. The zero-order valence-corrected chi connectivity index (χ0v) is 18.7. The number of benzene rings is 3. The molecule has 3 aromatic rings. The molecule has 0 aromatic heterocycles. The highest BCUT2D eigenvalue weighted by Crippen LogP contribution is 2.29. The molecule has 33 heavy (non-hydrogen) atoms. The molecule has 0 bridgehead atoms.